The zero-order valence-corrected chi connectivity index (χ0v) is 10.4. The van der Waals surface area contributed by atoms with E-state index in [2.05, 4.69) is 12.2 Å². The van der Waals surface area contributed by atoms with Crippen LogP contribution in [0.1, 0.15) is 38.5 Å². The van der Waals surface area contributed by atoms with Crippen molar-refractivity contribution in [2.45, 2.75) is 62.8 Å². The maximum Gasteiger partial charge on any atom is 0.147 e. The predicted molar refractivity (Wildman–Crippen MR) is 67.4 cm³/mol. The molecule has 4 nitrogen and oxygen atoms in total. The molecule has 0 bridgehead atoms. The van der Waals surface area contributed by atoms with E-state index < -0.39 is 0 Å². The lowest BCUT2D eigenvalue weighted by Crippen LogP contribution is -2.34. The fourth-order valence-electron chi connectivity index (χ4n) is 2.56. The van der Waals surface area contributed by atoms with Gasteiger partial charge in [0, 0.05) is 12.1 Å². The molecule has 2 aliphatic rings. The molecule has 17 heavy (non-hydrogen) atoms. The highest BCUT2D eigenvalue weighted by Crippen LogP contribution is 2.20. The van der Waals surface area contributed by atoms with Crippen LogP contribution in [0.3, 0.4) is 0 Å². The maximum absolute atomic E-state index is 5.91. The highest BCUT2D eigenvalue weighted by molar-refractivity contribution is 4.98. The van der Waals surface area contributed by atoms with Gasteiger partial charge in [0.15, 0.2) is 0 Å². The standard InChI is InChI=1S/C13H24N2O2/c14-10-3-1-5-12(7-10)16-9-17-13-6-2-4-11(15)8-13/h1,5,10-13H,2-4,6-9,14-15H2. The second kappa shape index (κ2) is 6.50. The first-order valence-electron chi connectivity index (χ1n) is 6.65. The molecule has 1 saturated carbocycles. The SMILES string of the molecule is NC1CC=CC(OCOC2CCCC(N)C2)C1. The summed E-state index contributed by atoms with van der Waals surface area (Å²) in [6.45, 7) is 0.360. The normalized spacial score (nSPS) is 38.2. The predicted octanol–water partition coefficient (Wildman–Crippen LogP) is 1.29. The molecular formula is C13H24N2O2. The van der Waals surface area contributed by atoms with Crippen LogP contribution in [0.15, 0.2) is 12.2 Å². The Kier molecular flexibility index (Phi) is 4.98. The molecule has 0 aliphatic heterocycles. The zero-order chi connectivity index (χ0) is 12.1. The number of ether oxygens (including phenoxy) is 2. The van der Waals surface area contributed by atoms with E-state index in [1.54, 1.807) is 0 Å². The molecule has 4 atom stereocenters. The number of nitrogens with two attached hydrogens (primary N) is 2. The van der Waals surface area contributed by atoms with E-state index in [1.807, 2.05) is 0 Å². The summed E-state index contributed by atoms with van der Waals surface area (Å²) in [6, 6.07) is 0.532. The summed E-state index contributed by atoms with van der Waals surface area (Å²) in [5.41, 5.74) is 11.8. The minimum Gasteiger partial charge on any atom is -0.352 e. The van der Waals surface area contributed by atoms with E-state index in [1.165, 1.54) is 6.42 Å². The average molecular weight is 240 g/mol. The molecule has 2 rings (SSSR count). The fourth-order valence-corrected chi connectivity index (χ4v) is 2.56. The van der Waals surface area contributed by atoms with Crippen LogP contribution in [0.2, 0.25) is 0 Å². The van der Waals surface area contributed by atoms with Crippen molar-refractivity contribution in [2.24, 2.45) is 11.5 Å². The van der Waals surface area contributed by atoms with Crippen molar-refractivity contribution >= 4 is 0 Å². The molecule has 0 aromatic heterocycles. The van der Waals surface area contributed by atoms with Crippen molar-refractivity contribution in [3.63, 3.8) is 0 Å². The van der Waals surface area contributed by atoms with Crippen LogP contribution in [-0.2, 0) is 9.47 Å². The lowest BCUT2D eigenvalue weighted by Gasteiger charge is -2.28. The summed E-state index contributed by atoms with van der Waals surface area (Å²) in [5, 5.41) is 0. The first-order chi connectivity index (χ1) is 8.24. The number of rotatable bonds is 4. The lowest BCUT2D eigenvalue weighted by atomic mass is 9.94. The first-order valence-corrected chi connectivity index (χ1v) is 6.65. The van der Waals surface area contributed by atoms with Crippen molar-refractivity contribution in [2.75, 3.05) is 6.79 Å². The third-order valence-corrected chi connectivity index (χ3v) is 3.58. The smallest absolute Gasteiger partial charge is 0.147 e. The molecule has 4 unspecified atom stereocenters. The Labute approximate surface area is 103 Å². The van der Waals surface area contributed by atoms with Gasteiger partial charge >= 0.3 is 0 Å². The molecule has 2 aliphatic carbocycles. The third-order valence-electron chi connectivity index (χ3n) is 3.58. The minimum absolute atomic E-state index is 0.121. The van der Waals surface area contributed by atoms with Crippen molar-refractivity contribution in [3.05, 3.63) is 12.2 Å². The van der Waals surface area contributed by atoms with Crippen molar-refractivity contribution in [1.29, 1.82) is 0 Å². The summed E-state index contributed by atoms with van der Waals surface area (Å²) in [7, 11) is 0. The summed E-state index contributed by atoms with van der Waals surface area (Å²) >= 11 is 0. The van der Waals surface area contributed by atoms with Crippen molar-refractivity contribution < 1.29 is 9.47 Å². The molecule has 0 heterocycles. The lowest BCUT2D eigenvalue weighted by molar-refractivity contribution is -0.118. The van der Waals surface area contributed by atoms with Crippen LogP contribution in [0.5, 0.6) is 0 Å². The van der Waals surface area contributed by atoms with Gasteiger partial charge in [-0.2, -0.15) is 0 Å². The molecule has 0 spiro atoms. The van der Waals surface area contributed by atoms with Crippen LogP contribution >= 0.6 is 0 Å². The van der Waals surface area contributed by atoms with Gasteiger partial charge < -0.3 is 20.9 Å². The summed E-state index contributed by atoms with van der Waals surface area (Å²) < 4.78 is 11.4. The second-order valence-electron chi connectivity index (χ2n) is 5.20. The summed E-state index contributed by atoms with van der Waals surface area (Å²) in [5.74, 6) is 0. The van der Waals surface area contributed by atoms with Crippen LogP contribution in [0, 0.1) is 0 Å². The van der Waals surface area contributed by atoms with E-state index in [0.717, 1.165) is 32.1 Å². The van der Waals surface area contributed by atoms with Crippen molar-refractivity contribution in [3.8, 4) is 0 Å². The molecule has 0 aromatic rings. The fraction of sp³-hybridized carbons (Fsp3) is 0.846. The van der Waals surface area contributed by atoms with E-state index in [0.29, 0.717) is 12.8 Å². The van der Waals surface area contributed by atoms with E-state index in [-0.39, 0.29) is 18.2 Å². The molecule has 0 aromatic carbocycles. The van der Waals surface area contributed by atoms with Crippen LogP contribution in [-0.4, -0.2) is 31.1 Å². The van der Waals surface area contributed by atoms with Gasteiger partial charge in [-0.1, -0.05) is 12.2 Å². The summed E-state index contributed by atoms with van der Waals surface area (Å²) in [6.07, 6.45) is 10.8. The Morgan fingerprint density at radius 1 is 1.06 bits per heavy atom. The molecule has 0 saturated heterocycles. The topological polar surface area (TPSA) is 70.5 Å². The Morgan fingerprint density at radius 2 is 1.94 bits per heavy atom. The third kappa shape index (κ3) is 4.39. The molecule has 4 N–H and O–H groups in total. The van der Waals surface area contributed by atoms with Crippen LogP contribution in [0.4, 0.5) is 0 Å². The molecular weight excluding hydrogens is 216 g/mol. The largest absolute Gasteiger partial charge is 0.352 e. The highest BCUT2D eigenvalue weighted by Gasteiger charge is 2.20. The van der Waals surface area contributed by atoms with Crippen molar-refractivity contribution in [1.82, 2.24) is 0 Å². The Hall–Kier alpha value is -0.420. The van der Waals surface area contributed by atoms with Crippen LogP contribution in [0.25, 0.3) is 0 Å². The Morgan fingerprint density at radius 3 is 2.71 bits per heavy atom. The van der Waals surface area contributed by atoms with Gasteiger partial charge in [0.05, 0.1) is 12.2 Å². The number of hydrogen-bond acceptors (Lipinski definition) is 4. The molecule has 98 valence electrons. The second-order valence-corrected chi connectivity index (χ2v) is 5.20. The van der Waals surface area contributed by atoms with Gasteiger partial charge in [-0.3, -0.25) is 0 Å². The first kappa shape index (κ1) is 13.0. The quantitative estimate of drug-likeness (QED) is 0.574. The molecule has 0 amide bonds. The van der Waals surface area contributed by atoms with Gasteiger partial charge in [-0.05, 0) is 38.5 Å². The minimum atomic E-state index is 0.121. The molecule has 0 radical (unpaired) electrons. The summed E-state index contributed by atoms with van der Waals surface area (Å²) in [4.78, 5) is 0. The molecule has 1 fully saturated rings. The number of hydrogen-bond donors (Lipinski definition) is 2. The van der Waals surface area contributed by atoms with Gasteiger partial charge in [0.1, 0.15) is 6.79 Å². The van der Waals surface area contributed by atoms with Gasteiger partial charge in [0.25, 0.3) is 0 Å². The highest BCUT2D eigenvalue weighted by atomic mass is 16.7. The molecule has 4 heteroatoms. The monoisotopic (exact) mass is 240 g/mol. The van der Waals surface area contributed by atoms with E-state index in [4.69, 9.17) is 20.9 Å². The Bertz CT molecular complexity index is 258. The Balaban J connectivity index is 1.62. The van der Waals surface area contributed by atoms with Gasteiger partial charge in [-0.15, -0.1) is 0 Å². The van der Waals surface area contributed by atoms with Gasteiger partial charge in [0.2, 0.25) is 0 Å². The van der Waals surface area contributed by atoms with E-state index in [9.17, 15) is 0 Å². The zero-order valence-electron chi connectivity index (χ0n) is 10.4. The van der Waals surface area contributed by atoms with Crippen LogP contribution < -0.4 is 11.5 Å². The van der Waals surface area contributed by atoms with E-state index >= 15 is 0 Å². The van der Waals surface area contributed by atoms with Gasteiger partial charge in [-0.25, -0.2) is 0 Å². The average Bonchev–Trinajstić information content (AvgIpc) is 2.29. The maximum atomic E-state index is 5.91.